The van der Waals surface area contributed by atoms with Gasteiger partial charge in [0.1, 0.15) is 24.1 Å². The number of hydrogen-bond acceptors (Lipinski definition) is 6. The second-order valence-corrected chi connectivity index (χ2v) is 11.2. The number of carbonyl (C=O) groups is 2. The van der Waals surface area contributed by atoms with Gasteiger partial charge in [0.2, 0.25) is 11.8 Å². The molecule has 0 aliphatic heterocycles. The topological polar surface area (TPSA) is 105 Å². The molecule has 3 aromatic carbocycles. The fourth-order valence-corrected chi connectivity index (χ4v) is 5.48. The van der Waals surface area contributed by atoms with Crippen LogP contribution < -0.4 is 19.1 Å². The third-order valence-electron chi connectivity index (χ3n) is 6.43. The maximum absolute atomic E-state index is 14.0. The van der Waals surface area contributed by atoms with Crippen molar-refractivity contribution in [2.45, 2.75) is 44.7 Å². The maximum Gasteiger partial charge on any atom is 0.264 e. The standard InChI is InChI=1S/C30H37N3O6S/c1-6-17-31-30(35)23(3)32(20-24-9-7-11-26(18-24)38-4)29(34)21-33(25-10-8-12-27(19-25)39-5)40(36,37)28-15-13-22(2)14-16-28/h7-16,18-19,23H,6,17,20-21H2,1-5H3,(H,31,35)/t23-/m1/s1. The first-order valence-corrected chi connectivity index (χ1v) is 14.5. The van der Waals surface area contributed by atoms with Crippen molar-refractivity contribution in [3.8, 4) is 11.5 Å². The summed E-state index contributed by atoms with van der Waals surface area (Å²) in [6.45, 7) is 5.44. The van der Waals surface area contributed by atoms with Crippen LogP contribution in [-0.2, 0) is 26.2 Å². The zero-order valence-electron chi connectivity index (χ0n) is 23.6. The van der Waals surface area contributed by atoms with Gasteiger partial charge >= 0.3 is 0 Å². The molecule has 0 saturated heterocycles. The molecule has 214 valence electrons. The Morgan fingerprint density at radius 1 is 0.925 bits per heavy atom. The minimum atomic E-state index is -4.16. The maximum atomic E-state index is 14.0. The number of amides is 2. The number of aryl methyl sites for hydroxylation is 1. The number of methoxy groups -OCH3 is 2. The molecule has 3 aromatic rings. The number of rotatable bonds is 13. The predicted octanol–water partition coefficient (Wildman–Crippen LogP) is 4.15. The van der Waals surface area contributed by atoms with E-state index in [0.717, 1.165) is 21.9 Å². The van der Waals surface area contributed by atoms with E-state index >= 15 is 0 Å². The second kappa shape index (κ2) is 13.8. The summed E-state index contributed by atoms with van der Waals surface area (Å²) in [4.78, 5) is 28.4. The summed E-state index contributed by atoms with van der Waals surface area (Å²) in [5, 5.41) is 2.83. The fraction of sp³-hybridized carbons (Fsp3) is 0.333. The normalized spacial score (nSPS) is 11.8. The molecule has 1 atom stereocenters. The van der Waals surface area contributed by atoms with E-state index in [1.54, 1.807) is 68.6 Å². The van der Waals surface area contributed by atoms with Crippen LogP contribution in [0.15, 0.2) is 77.7 Å². The Balaban J connectivity index is 2.04. The van der Waals surface area contributed by atoms with Crippen molar-refractivity contribution in [1.82, 2.24) is 10.2 Å². The predicted molar refractivity (Wildman–Crippen MR) is 155 cm³/mol. The van der Waals surface area contributed by atoms with E-state index in [-0.39, 0.29) is 23.0 Å². The lowest BCUT2D eigenvalue weighted by atomic mass is 10.1. The molecule has 0 saturated carbocycles. The highest BCUT2D eigenvalue weighted by atomic mass is 32.2. The molecule has 0 bridgehead atoms. The smallest absolute Gasteiger partial charge is 0.264 e. The number of ether oxygens (including phenoxy) is 2. The van der Waals surface area contributed by atoms with E-state index in [1.807, 2.05) is 19.9 Å². The van der Waals surface area contributed by atoms with Crippen molar-refractivity contribution in [2.24, 2.45) is 0 Å². The molecule has 10 heteroatoms. The fourth-order valence-electron chi connectivity index (χ4n) is 4.08. The van der Waals surface area contributed by atoms with E-state index in [1.165, 1.54) is 24.1 Å². The van der Waals surface area contributed by atoms with Crippen LogP contribution in [0.4, 0.5) is 5.69 Å². The quantitative estimate of drug-likeness (QED) is 0.333. The molecule has 40 heavy (non-hydrogen) atoms. The minimum absolute atomic E-state index is 0.0433. The number of anilines is 1. The average Bonchev–Trinajstić information content (AvgIpc) is 2.97. The van der Waals surface area contributed by atoms with Gasteiger partial charge in [-0.05, 0) is 62.2 Å². The molecule has 3 rings (SSSR count). The lowest BCUT2D eigenvalue weighted by molar-refractivity contribution is -0.139. The van der Waals surface area contributed by atoms with E-state index in [9.17, 15) is 18.0 Å². The van der Waals surface area contributed by atoms with Crippen LogP contribution in [0.2, 0.25) is 0 Å². The largest absolute Gasteiger partial charge is 0.497 e. The first kappa shape index (κ1) is 30.5. The second-order valence-electron chi connectivity index (χ2n) is 9.37. The van der Waals surface area contributed by atoms with Crippen molar-refractivity contribution in [3.63, 3.8) is 0 Å². The van der Waals surface area contributed by atoms with Crippen LogP contribution in [-0.4, -0.2) is 58.5 Å². The highest BCUT2D eigenvalue weighted by Crippen LogP contribution is 2.28. The highest BCUT2D eigenvalue weighted by molar-refractivity contribution is 7.92. The molecule has 0 radical (unpaired) electrons. The number of sulfonamides is 1. The van der Waals surface area contributed by atoms with Crippen molar-refractivity contribution < 1.29 is 27.5 Å². The van der Waals surface area contributed by atoms with Crippen molar-refractivity contribution in [3.05, 3.63) is 83.9 Å². The Hall–Kier alpha value is -4.05. The van der Waals surface area contributed by atoms with Crippen LogP contribution in [0.5, 0.6) is 11.5 Å². The van der Waals surface area contributed by atoms with E-state index in [4.69, 9.17) is 9.47 Å². The minimum Gasteiger partial charge on any atom is -0.497 e. The van der Waals surface area contributed by atoms with Gasteiger partial charge in [0, 0.05) is 19.2 Å². The first-order chi connectivity index (χ1) is 19.1. The van der Waals surface area contributed by atoms with Gasteiger partial charge in [0.05, 0.1) is 24.8 Å². The Kier molecular flexibility index (Phi) is 10.6. The van der Waals surface area contributed by atoms with Crippen molar-refractivity contribution in [2.75, 3.05) is 31.6 Å². The van der Waals surface area contributed by atoms with Gasteiger partial charge in [-0.2, -0.15) is 0 Å². The summed E-state index contributed by atoms with van der Waals surface area (Å²) in [5.74, 6) is 0.176. The zero-order valence-corrected chi connectivity index (χ0v) is 24.4. The summed E-state index contributed by atoms with van der Waals surface area (Å²) in [6, 6.07) is 19.3. The summed E-state index contributed by atoms with van der Waals surface area (Å²) >= 11 is 0. The van der Waals surface area contributed by atoms with Crippen molar-refractivity contribution in [1.29, 1.82) is 0 Å². The summed E-state index contributed by atoms with van der Waals surface area (Å²) < 4.78 is 39.5. The number of carbonyl (C=O) groups excluding carboxylic acids is 2. The third kappa shape index (κ3) is 7.53. The molecule has 0 aliphatic carbocycles. The van der Waals surface area contributed by atoms with Gasteiger partial charge in [0.25, 0.3) is 10.0 Å². The molecule has 9 nitrogen and oxygen atoms in total. The van der Waals surface area contributed by atoms with Crippen LogP contribution >= 0.6 is 0 Å². The van der Waals surface area contributed by atoms with Gasteiger partial charge in [-0.15, -0.1) is 0 Å². The Bertz CT molecular complexity index is 1410. The number of hydrogen-bond donors (Lipinski definition) is 1. The first-order valence-electron chi connectivity index (χ1n) is 13.0. The molecular weight excluding hydrogens is 530 g/mol. The van der Waals surface area contributed by atoms with Crippen molar-refractivity contribution >= 4 is 27.5 Å². The Morgan fingerprint density at radius 2 is 1.55 bits per heavy atom. The number of benzene rings is 3. The molecule has 0 aromatic heterocycles. The van der Waals surface area contributed by atoms with Crippen LogP contribution in [0.3, 0.4) is 0 Å². The molecule has 0 fully saturated rings. The Morgan fingerprint density at radius 3 is 2.17 bits per heavy atom. The van der Waals surface area contributed by atoms with Gasteiger partial charge in [-0.3, -0.25) is 13.9 Å². The van der Waals surface area contributed by atoms with Gasteiger partial charge in [-0.1, -0.05) is 42.8 Å². The van der Waals surface area contributed by atoms with Gasteiger partial charge in [-0.25, -0.2) is 8.42 Å². The molecule has 0 heterocycles. The van der Waals surface area contributed by atoms with E-state index < -0.39 is 28.5 Å². The van der Waals surface area contributed by atoms with Crippen LogP contribution in [0.25, 0.3) is 0 Å². The molecule has 2 amide bonds. The molecular formula is C30H37N3O6S. The lowest BCUT2D eigenvalue weighted by Gasteiger charge is -2.32. The third-order valence-corrected chi connectivity index (χ3v) is 8.22. The Labute approximate surface area is 236 Å². The summed E-state index contributed by atoms with van der Waals surface area (Å²) in [6.07, 6.45) is 0.737. The lowest BCUT2D eigenvalue weighted by Crippen LogP contribution is -2.51. The molecule has 0 spiro atoms. The average molecular weight is 568 g/mol. The van der Waals surface area contributed by atoms with Gasteiger partial charge in [0.15, 0.2) is 0 Å². The number of nitrogens with one attached hydrogen (secondary N) is 1. The summed E-state index contributed by atoms with van der Waals surface area (Å²) in [7, 11) is -1.13. The molecule has 0 aliphatic rings. The van der Waals surface area contributed by atoms with E-state index in [2.05, 4.69) is 5.32 Å². The highest BCUT2D eigenvalue weighted by Gasteiger charge is 2.32. The summed E-state index contributed by atoms with van der Waals surface area (Å²) in [5.41, 5.74) is 1.90. The zero-order chi connectivity index (χ0) is 29.3. The van der Waals surface area contributed by atoms with Crippen LogP contribution in [0, 0.1) is 6.92 Å². The SMILES string of the molecule is CCCNC(=O)[C@@H](C)N(Cc1cccc(OC)c1)C(=O)CN(c1cccc(OC)c1)S(=O)(=O)c1ccc(C)cc1. The molecule has 1 N–H and O–H groups in total. The van der Waals surface area contributed by atoms with Crippen LogP contribution in [0.1, 0.15) is 31.4 Å². The van der Waals surface area contributed by atoms with Gasteiger partial charge < -0.3 is 19.7 Å². The number of nitrogens with zero attached hydrogens (tertiary/aromatic N) is 2. The molecule has 0 unspecified atom stereocenters. The monoisotopic (exact) mass is 567 g/mol. The van der Waals surface area contributed by atoms with E-state index in [0.29, 0.717) is 18.0 Å².